The molecule has 1 saturated heterocycles. The minimum Gasteiger partial charge on any atom is -0.468 e. The molecule has 2 heterocycles. The van der Waals surface area contributed by atoms with Crippen LogP contribution >= 0.6 is 15.9 Å². The van der Waals surface area contributed by atoms with E-state index in [1.54, 1.807) is 6.20 Å². The summed E-state index contributed by atoms with van der Waals surface area (Å²) in [6.45, 7) is 0.813. The molecule has 5 nitrogen and oxygen atoms in total. The summed E-state index contributed by atoms with van der Waals surface area (Å²) in [5.41, 5.74) is 0. The van der Waals surface area contributed by atoms with Crippen LogP contribution in [0.5, 0.6) is 0 Å². The summed E-state index contributed by atoms with van der Waals surface area (Å²) in [5.74, 6) is -0.146. The Morgan fingerprint density at radius 1 is 1.59 bits per heavy atom. The highest BCUT2D eigenvalue weighted by Crippen LogP contribution is 2.25. The summed E-state index contributed by atoms with van der Waals surface area (Å²) in [6.07, 6.45) is 5.51. The molecule has 0 radical (unpaired) electrons. The van der Waals surface area contributed by atoms with E-state index < -0.39 is 0 Å². The van der Waals surface area contributed by atoms with E-state index in [4.69, 9.17) is 4.74 Å². The number of nitrogens with zero attached hydrogens (tertiary/aromatic N) is 3. The van der Waals surface area contributed by atoms with Gasteiger partial charge in [-0.2, -0.15) is 5.10 Å². The molecule has 1 aliphatic heterocycles. The molecule has 1 fully saturated rings. The monoisotopic (exact) mass is 301 g/mol. The van der Waals surface area contributed by atoms with Crippen molar-refractivity contribution in [2.24, 2.45) is 0 Å². The average Bonchev–Trinajstić information content (AvgIpc) is 2.75. The van der Waals surface area contributed by atoms with Gasteiger partial charge < -0.3 is 4.74 Å². The number of likely N-dealkylation sites (N-methyl/N-ethyl adjacent to an activating group) is 1. The van der Waals surface area contributed by atoms with E-state index in [1.807, 2.05) is 22.8 Å². The summed E-state index contributed by atoms with van der Waals surface area (Å²) < 4.78 is 7.73. The SMILES string of the molecule is COC(=O)C1CCC(n2cc(Br)cn2)CN1C. The van der Waals surface area contributed by atoms with Gasteiger partial charge in [0, 0.05) is 12.7 Å². The number of ether oxygens (including phenoxy) is 1. The Bertz CT molecular complexity index is 407. The largest absolute Gasteiger partial charge is 0.468 e. The number of halogens is 1. The molecule has 2 rings (SSSR count). The number of carbonyl (C=O) groups excluding carboxylic acids is 1. The first kappa shape index (κ1) is 12.6. The number of likely N-dealkylation sites (tertiary alicyclic amines) is 1. The molecule has 0 N–H and O–H groups in total. The molecule has 0 aromatic carbocycles. The molecule has 0 saturated carbocycles. The Labute approximate surface area is 109 Å². The molecule has 1 aromatic rings. The summed E-state index contributed by atoms with van der Waals surface area (Å²) in [6, 6.07) is 0.211. The fourth-order valence-electron chi connectivity index (χ4n) is 2.29. The van der Waals surface area contributed by atoms with Crippen molar-refractivity contribution < 1.29 is 9.53 Å². The predicted molar refractivity (Wildman–Crippen MR) is 66.6 cm³/mol. The Hall–Kier alpha value is -0.880. The smallest absolute Gasteiger partial charge is 0.323 e. The molecule has 0 aliphatic carbocycles. The van der Waals surface area contributed by atoms with Crippen LogP contribution in [0.3, 0.4) is 0 Å². The molecule has 2 atom stereocenters. The zero-order chi connectivity index (χ0) is 12.4. The van der Waals surface area contributed by atoms with Crippen LogP contribution in [0.15, 0.2) is 16.9 Å². The summed E-state index contributed by atoms with van der Waals surface area (Å²) >= 11 is 3.39. The van der Waals surface area contributed by atoms with Gasteiger partial charge in [0.05, 0.1) is 23.8 Å². The van der Waals surface area contributed by atoms with Crippen LogP contribution in [0.25, 0.3) is 0 Å². The number of esters is 1. The van der Waals surface area contributed by atoms with Gasteiger partial charge in [-0.25, -0.2) is 0 Å². The summed E-state index contributed by atoms with van der Waals surface area (Å²) in [5, 5.41) is 4.29. The predicted octanol–water partition coefficient (Wildman–Crippen LogP) is 1.45. The van der Waals surface area contributed by atoms with E-state index in [0.717, 1.165) is 23.9 Å². The number of piperidine rings is 1. The third-order valence-corrected chi connectivity index (χ3v) is 3.63. The molecule has 0 amide bonds. The van der Waals surface area contributed by atoms with Crippen molar-refractivity contribution in [3.8, 4) is 0 Å². The van der Waals surface area contributed by atoms with E-state index in [2.05, 4.69) is 21.0 Å². The van der Waals surface area contributed by atoms with Crippen molar-refractivity contribution in [2.75, 3.05) is 20.7 Å². The van der Waals surface area contributed by atoms with E-state index in [1.165, 1.54) is 7.11 Å². The van der Waals surface area contributed by atoms with Gasteiger partial charge in [0.25, 0.3) is 0 Å². The highest BCUT2D eigenvalue weighted by Gasteiger charge is 2.32. The standard InChI is InChI=1S/C11H16BrN3O2/c1-14-7-9(15-6-8(12)5-13-15)3-4-10(14)11(16)17-2/h5-6,9-10H,3-4,7H2,1-2H3. The van der Waals surface area contributed by atoms with Gasteiger partial charge in [-0.3, -0.25) is 14.4 Å². The van der Waals surface area contributed by atoms with Crippen molar-refractivity contribution in [2.45, 2.75) is 24.9 Å². The number of hydrogen-bond donors (Lipinski definition) is 0. The topological polar surface area (TPSA) is 47.4 Å². The number of hydrogen-bond acceptors (Lipinski definition) is 4. The maximum absolute atomic E-state index is 11.5. The van der Waals surface area contributed by atoms with E-state index >= 15 is 0 Å². The van der Waals surface area contributed by atoms with Gasteiger partial charge in [0.2, 0.25) is 0 Å². The number of methoxy groups -OCH3 is 1. The van der Waals surface area contributed by atoms with Gasteiger partial charge in [0.15, 0.2) is 0 Å². The normalized spacial score (nSPS) is 25.8. The molecule has 1 aliphatic rings. The van der Waals surface area contributed by atoms with E-state index in [9.17, 15) is 4.79 Å². The lowest BCUT2D eigenvalue weighted by Gasteiger charge is -2.35. The second kappa shape index (κ2) is 5.18. The maximum atomic E-state index is 11.5. The summed E-state index contributed by atoms with van der Waals surface area (Å²) in [7, 11) is 3.39. The molecular weight excluding hydrogens is 286 g/mol. The average molecular weight is 302 g/mol. The quantitative estimate of drug-likeness (QED) is 0.776. The molecular formula is C11H16BrN3O2. The highest BCUT2D eigenvalue weighted by atomic mass is 79.9. The van der Waals surface area contributed by atoms with Crippen molar-refractivity contribution in [3.63, 3.8) is 0 Å². The first-order valence-electron chi connectivity index (χ1n) is 5.59. The maximum Gasteiger partial charge on any atom is 0.323 e. The number of aromatic nitrogens is 2. The zero-order valence-corrected chi connectivity index (χ0v) is 11.6. The van der Waals surface area contributed by atoms with Crippen molar-refractivity contribution >= 4 is 21.9 Å². The lowest BCUT2D eigenvalue weighted by Crippen LogP contribution is -2.46. The van der Waals surface area contributed by atoms with Crippen LogP contribution in [0, 0.1) is 0 Å². The summed E-state index contributed by atoms with van der Waals surface area (Å²) in [4.78, 5) is 13.6. The van der Waals surface area contributed by atoms with E-state index in [0.29, 0.717) is 6.04 Å². The van der Waals surface area contributed by atoms with Gasteiger partial charge in [-0.1, -0.05) is 0 Å². The van der Waals surface area contributed by atoms with Crippen LogP contribution in [-0.4, -0.2) is 47.4 Å². The fourth-order valence-corrected chi connectivity index (χ4v) is 2.59. The molecule has 94 valence electrons. The minimum atomic E-state index is -0.146. The van der Waals surface area contributed by atoms with Gasteiger partial charge in [0.1, 0.15) is 6.04 Å². The van der Waals surface area contributed by atoms with Crippen LogP contribution in [0.2, 0.25) is 0 Å². The third kappa shape index (κ3) is 2.69. The molecule has 17 heavy (non-hydrogen) atoms. The lowest BCUT2D eigenvalue weighted by atomic mass is 9.99. The van der Waals surface area contributed by atoms with Crippen molar-refractivity contribution in [3.05, 3.63) is 16.9 Å². The minimum absolute atomic E-state index is 0.116. The molecule has 6 heteroatoms. The fraction of sp³-hybridized carbons (Fsp3) is 0.636. The highest BCUT2D eigenvalue weighted by molar-refractivity contribution is 9.10. The zero-order valence-electron chi connectivity index (χ0n) is 9.97. The number of rotatable bonds is 2. The molecule has 2 unspecified atom stereocenters. The second-order valence-electron chi connectivity index (χ2n) is 4.35. The van der Waals surface area contributed by atoms with Crippen LogP contribution in [-0.2, 0) is 9.53 Å². The van der Waals surface area contributed by atoms with Gasteiger partial charge in [-0.05, 0) is 35.8 Å². The first-order valence-corrected chi connectivity index (χ1v) is 6.39. The third-order valence-electron chi connectivity index (χ3n) is 3.22. The molecule has 0 bridgehead atoms. The van der Waals surface area contributed by atoms with E-state index in [-0.39, 0.29) is 12.0 Å². The van der Waals surface area contributed by atoms with Gasteiger partial charge >= 0.3 is 5.97 Å². The lowest BCUT2D eigenvalue weighted by molar-refractivity contribution is -0.148. The Balaban J connectivity index is 2.02. The van der Waals surface area contributed by atoms with Crippen molar-refractivity contribution in [1.82, 2.24) is 14.7 Å². The molecule has 1 aromatic heterocycles. The van der Waals surface area contributed by atoms with Gasteiger partial charge in [-0.15, -0.1) is 0 Å². The van der Waals surface area contributed by atoms with Crippen molar-refractivity contribution in [1.29, 1.82) is 0 Å². The first-order chi connectivity index (χ1) is 8.11. The number of carbonyl (C=O) groups is 1. The van der Waals surface area contributed by atoms with Crippen LogP contribution in [0.4, 0.5) is 0 Å². The Morgan fingerprint density at radius 3 is 2.88 bits per heavy atom. The van der Waals surface area contributed by atoms with Crippen LogP contribution in [0.1, 0.15) is 18.9 Å². The Kier molecular flexibility index (Phi) is 3.83. The second-order valence-corrected chi connectivity index (χ2v) is 5.26. The van der Waals surface area contributed by atoms with Crippen LogP contribution < -0.4 is 0 Å². The molecule has 0 spiro atoms. The Morgan fingerprint density at radius 2 is 2.35 bits per heavy atom.